The van der Waals surface area contributed by atoms with E-state index in [9.17, 15) is 9.90 Å². The highest BCUT2D eigenvalue weighted by molar-refractivity contribution is 6.32. The Balaban J connectivity index is 1.93. The Kier molecular flexibility index (Phi) is 4.26. The first-order valence-corrected chi connectivity index (χ1v) is 7.33. The van der Waals surface area contributed by atoms with Gasteiger partial charge >= 0.3 is 0 Å². The fourth-order valence-electron chi connectivity index (χ4n) is 2.09. The molecule has 4 nitrogen and oxygen atoms in total. The summed E-state index contributed by atoms with van der Waals surface area (Å²) < 4.78 is 0. The number of benzene rings is 2. The summed E-state index contributed by atoms with van der Waals surface area (Å²) in [5.74, 6) is -0.103. The second kappa shape index (κ2) is 6.50. The minimum atomic E-state index is -0.105. The van der Waals surface area contributed by atoms with E-state index in [-0.39, 0.29) is 16.6 Å². The van der Waals surface area contributed by atoms with Gasteiger partial charge in [0, 0.05) is 11.8 Å². The monoisotopic (exact) mass is 324 g/mol. The molecule has 0 aromatic heterocycles. The maximum atomic E-state index is 11.6. The standard InChI is InChI=1S/C18H13ClN2O2/c19-15-10-13(6-9-18(15)23)21-16-8-7-14(22)11-17(16)20-12-4-2-1-3-5-12/h1-11,20,23H. The first kappa shape index (κ1) is 15.1. The van der Waals surface area contributed by atoms with Crippen molar-refractivity contribution in [2.75, 3.05) is 5.32 Å². The van der Waals surface area contributed by atoms with Crippen molar-refractivity contribution in [3.05, 3.63) is 77.5 Å². The first-order valence-electron chi connectivity index (χ1n) is 6.95. The van der Waals surface area contributed by atoms with Crippen LogP contribution in [-0.4, -0.2) is 16.6 Å². The molecule has 2 aromatic carbocycles. The molecule has 0 saturated carbocycles. The Morgan fingerprint density at radius 1 is 1.04 bits per heavy atom. The van der Waals surface area contributed by atoms with E-state index in [1.807, 2.05) is 30.3 Å². The Bertz CT molecular complexity index is 839. The van der Waals surface area contributed by atoms with Gasteiger partial charge < -0.3 is 10.4 Å². The molecule has 0 heterocycles. The van der Waals surface area contributed by atoms with Crippen molar-refractivity contribution in [2.45, 2.75) is 0 Å². The molecule has 2 aromatic rings. The van der Waals surface area contributed by atoms with Crippen LogP contribution >= 0.6 is 11.6 Å². The van der Waals surface area contributed by atoms with Crippen LogP contribution in [0, 0.1) is 0 Å². The molecule has 1 aliphatic carbocycles. The van der Waals surface area contributed by atoms with Crippen LogP contribution in [0.3, 0.4) is 0 Å². The number of phenols is 1. The maximum Gasteiger partial charge on any atom is 0.180 e. The second-order valence-electron chi connectivity index (χ2n) is 4.92. The number of para-hydroxylation sites is 1. The summed E-state index contributed by atoms with van der Waals surface area (Å²) in [5, 5.41) is 12.9. The van der Waals surface area contributed by atoms with Crippen molar-refractivity contribution in [1.82, 2.24) is 0 Å². The summed E-state index contributed by atoms with van der Waals surface area (Å²) >= 11 is 5.90. The number of hydrogen-bond acceptors (Lipinski definition) is 4. The van der Waals surface area contributed by atoms with E-state index in [0.717, 1.165) is 5.69 Å². The molecule has 0 aliphatic heterocycles. The van der Waals surface area contributed by atoms with Crippen LogP contribution < -0.4 is 5.32 Å². The van der Waals surface area contributed by atoms with Crippen molar-refractivity contribution in [2.24, 2.45) is 4.99 Å². The van der Waals surface area contributed by atoms with Gasteiger partial charge in [-0.05, 0) is 42.5 Å². The van der Waals surface area contributed by atoms with Crippen LogP contribution in [0.15, 0.2) is 77.4 Å². The molecule has 0 radical (unpaired) electrons. The topological polar surface area (TPSA) is 61.7 Å². The summed E-state index contributed by atoms with van der Waals surface area (Å²) in [6.07, 6.45) is 4.60. The average molecular weight is 325 g/mol. The van der Waals surface area contributed by atoms with Gasteiger partial charge in [-0.3, -0.25) is 4.79 Å². The van der Waals surface area contributed by atoms with Gasteiger partial charge in [0.1, 0.15) is 5.75 Å². The van der Waals surface area contributed by atoms with Gasteiger partial charge in [-0.25, -0.2) is 4.99 Å². The minimum absolute atomic E-state index is 0.00292. The molecule has 0 spiro atoms. The fourth-order valence-corrected chi connectivity index (χ4v) is 2.27. The third-order valence-electron chi connectivity index (χ3n) is 3.20. The van der Waals surface area contributed by atoms with E-state index in [0.29, 0.717) is 17.1 Å². The second-order valence-corrected chi connectivity index (χ2v) is 5.32. The van der Waals surface area contributed by atoms with Crippen LogP contribution in [0.4, 0.5) is 11.4 Å². The molecule has 1 aliphatic rings. The van der Waals surface area contributed by atoms with Crippen molar-refractivity contribution in [3.63, 3.8) is 0 Å². The number of aromatic hydroxyl groups is 1. The quantitative estimate of drug-likeness (QED) is 0.829. The molecule has 0 fully saturated rings. The van der Waals surface area contributed by atoms with E-state index in [1.54, 1.807) is 18.2 Å². The number of phenolic OH excluding ortho intramolecular Hbond substituents is 1. The molecule has 0 bridgehead atoms. The Labute approximate surface area is 138 Å². The predicted molar refractivity (Wildman–Crippen MR) is 92.5 cm³/mol. The number of nitrogens with zero attached hydrogens (tertiary/aromatic N) is 1. The van der Waals surface area contributed by atoms with Gasteiger partial charge in [-0.15, -0.1) is 0 Å². The van der Waals surface area contributed by atoms with Crippen molar-refractivity contribution in [3.8, 4) is 5.75 Å². The number of hydrogen-bond donors (Lipinski definition) is 2. The first-order chi connectivity index (χ1) is 11.1. The SMILES string of the molecule is O=C1C=CC(=Nc2ccc(O)c(Cl)c2)C(Nc2ccccc2)=C1. The molecule has 114 valence electrons. The van der Waals surface area contributed by atoms with E-state index in [2.05, 4.69) is 10.3 Å². The molecular weight excluding hydrogens is 312 g/mol. The number of carbonyl (C=O) groups is 1. The van der Waals surface area contributed by atoms with Crippen LogP contribution in [0.25, 0.3) is 0 Å². The van der Waals surface area contributed by atoms with E-state index in [4.69, 9.17) is 11.6 Å². The lowest BCUT2D eigenvalue weighted by Crippen LogP contribution is -2.15. The van der Waals surface area contributed by atoms with E-state index < -0.39 is 0 Å². The maximum absolute atomic E-state index is 11.6. The molecule has 0 saturated heterocycles. The molecule has 0 amide bonds. The largest absolute Gasteiger partial charge is 0.506 e. The van der Waals surface area contributed by atoms with E-state index >= 15 is 0 Å². The molecule has 3 rings (SSSR count). The molecule has 2 N–H and O–H groups in total. The summed E-state index contributed by atoms with van der Waals surface area (Å²) in [4.78, 5) is 16.1. The zero-order chi connectivity index (χ0) is 16.2. The lowest BCUT2D eigenvalue weighted by molar-refractivity contribution is -0.110. The highest BCUT2D eigenvalue weighted by Crippen LogP contribution is 2.28. The number of rotatable bonds is 3. The smallest absolute Gasteiger partial charge is 0.180 e. The summed E-state index contributed by atoms with van der Waals surface area (Å²) in [5.41, 5.74) is 2.66. The number of nitrogens with one attached hydrogen (secondary N) is 1. The third kappa shape index (κ3) is 3.67. The average Bonchev–Trinajstić information content (AvgIpc) is 2.54. The van der Waals surface area contributed by atoms with Crippen LogP contribution in [0.2, 0.25) is 5.02 Å². The molecule has 23 heavy (non-hydrogen) atoms. The van der Waals surface area contributed by atoms with E-state index in [1.165, 1.54) is 18.2 Å². The highest BCUT2D eigenvalue weighted by Gasteiger charge is 2.12. The Morgan fingerprint density at radius 3 is 2.57 bits per heavy atom. The van der Waals surface area contributed by atoms with Gasteiger partial charge in [0.2, 0.25) is 0 Å². The molecule has 5 heteroatoms. The lowest BCUT2D eigenvalue weighted by atomic mass is 10.1. The number of halogens is 1. The van der Waals surface area contributed by atoms with Gasteiger partial charge in [0.05, 0.1) is 22.1 Å². The lowest BCUT2D eigenvalue weighted by Gasteiger charge is -2.14. The number of allylic oxidation sites excluding steroid dienone is 3. The fraction of sp³-hybridized carbons (Fsp3) is 0. The van der Waals surface area contributed by atoms with Gasteiger partial charge in [-0.2, -0.15) is 0 Å². The van der Waals surface area contributed by atoms with Gasteiger partial charge in [0.25, 0.3) is 0 Å². The predicted octanol–water partition coefficient (Wildman–Crippen LogP) is 4.25. The zero-order valence-electron chi connectivity index (χ0n) is 12.0. The normalized spacial score (nSPS) is 15.6. The Hall–Kier alpha value is -2.85. The number of anilines is 1. The highest BCUT2D eigenvalue weighted by atomic mass is 35.5. The summed E-state index contributed by atoms with van der Waals surface area (Å²) in [7, 11) is 0. The van der Waals surface area contributed by atoms with Crippen molar-refractivity contribution >= 4 is 34.5 Å². The molecular formula is C18H13ClN2O2. The van der Waals surface area contributed by atoms with Gasteiger partial charge in [-0.1, -0.05) is 29.8 Å². The van der Waals surface area contributed by atoms with Crippen molar-refractivity contribution < 1.29 is 9.90 Å². The molecule has 0 unspecified atom stereocenters. The van der Waals surface area contributed by atoms with Gasteiger partial charge in [0.15, 0.2) is 5.78 Å². The Morgan fingerprint density at radius 2 is 1.83 bits per heavy atom. The number of aliphatic imine (C=N–C) groups is 1. The van der Waals surface area contributed by atoms with Crippen LogP contribution in [0.5, 0.6) is 5.75 Å². The third-order valence-corrected chi connectivity index (χ3v) is 3.50. The van der Waals surface area contributed by atoms with Crippen molar-refractivity contribution in [1.29, 1.82) is 0 Å². The zero-order valence-corrected chi connectivity index (χ0v) is 12.8. The molecule has 0 atom stereocenters. The number of carbonyl (C=O) groups excluding carboxylic acids is 1. The minimum Gasteiger partial charge on any atom is -0.506 e. The van der Waals surface area contributed by atoms with Crippen LogP contribution in [0.1, 0.15) is 0 Å². The van der Waals surface area contributed by atoms with Crippen LogP contribution in [-0.2, 0) is 4.79 Å². The number of ketones is 1. The summed E-state index contributed by atoms with van der Waals surface area (Å²) in [6, 6.07) is 14.2. The summed E-state index contributed by atoms with van der Waals surface area (Å²) in [6.45, 7) is 0.